The molecule has 5 rings (SSSR count). The number of benzene rings is 5. The average Bonchev–Trinajstić information content (AvgIpc) is 3.10. The molecule has 1 nitrogen and oxygen atoms in total. The molecule has 0 radical (unpaired) electrons. The van der Waals surface area contributed by atoms with Crippen molar-refractivity contribution in [2.45, 2.75) is 31.0 Å². The van der Waals surface area contributed by atoms with Crippen molar-refractivity contribution in [3.05, 3.63) is 148 Å². The maximum atomic E-state index is 15.9. The van der Waals surface area contributed by atoms with Crippen molar-refractivity contribution < 1.29 is 48.6 Å². The van der Waals surface area contributed by atoms with Crippen LogP contribution in [0.25, 0.3) is 11.1 Å². The van der Waals surface area contributed by atoms with Gasteiger partial charge in [-0.05, 0) is 40.2 Å². The molecule has 5 aromatic carbocycles. The van der Waals surface area contributed by atoms with E-state index in [0.29, 0.717) is 16.9 Å². The molecule has 0 fully saturated rings. The van der Waals surface area contributed by atoms with Gasteiger partial charge in [0.1, 0.15) is 5.75 Å². The first-order valence-corrected chi connectivity index (χ1v) is 18.5. The largest absolute Gasteiger partial charge is 0.497 e. The maximum Gasteiger partial charge on any atom is 0.233 e. The number of hydrogen-bond donors (Lipinski definition) is 0. The van der Waals surface area contributed by atoms with E-state index in [1.54, 1.807) is 74.2 Å². The highest BCUT2D eigenvalue weighted by atomic mass is 28.3. The Morgan fingerprint density at radius 1 is 0.469 bits per heavy atom. The molecule has 0 heterocycles. The molecule has 0 aliphatic carbocycles. The molecule has 2 atom stereocenters. The van der Waals surface area contributed by atoms with Crippen LogP contribution in [0.1, 0.15) is 22.5 Å². The Balaban J connectivity index is 1.96. The van der Waals surface area contributed by atoms with Crippen LogP contribution in [0.3, 0.4) is 0 Å². The Labute approximate surface area is 277 Å². The summed E-state index contributed by atoms with van der Waals surface area (Å²) in [7, 11) is -1.51. The summed E-state index contributed by atoms with van der Waals surface area (Å²) in [6, 6.07) is 21.1. The lowest BCUT2D eigenvalue weighted by molar-refractivity contribution is 0.381. The lowest BCUT2D eigenvalue weighted by atomic mass is 9.31. The summed E-state index contributed by atoms with van der Waals surface area (Å²) in [4.78, 5) is 0. The summed E-state index contributed by atoms with van der Waals surface area (Å²) in [5.74, 6) is -26.1. The van der Waals surface area contributed by atoms with Crippen LogP contribution in [0.4, 0.5) is 43.9 Å². The predicted octanol–water partition coefficient (Wildman–Crippen LogP) is 9.35. The quantitative estimate of drug-likeness (QED) is 0.0644. The average molecular weight is 704 g/mol. The van der Waals surface area contributed by atoms with Crippen LogP contribution in [0, 0.1) is 58.2 Å². The van der Waals surface area contributed by atoms with Crippen LogP contribution >= 0.6 is 0 Å². The molecule has 2 unspecified atom stereocenters. The molecule has 0 aliphatic rings. The SMILES string of the molecule is COc1ccc(C(C(B(c2c(F)c(F)c(F)c(F)c2F)c2c(F)c(F)c(F)c(F)c2F)c2ccc(-c3ccccc3)cc2)[Si](C)(C)C)cc1. The first-order valence-electron chi connectivity index (χ1n) is 14.9. The van der Waals surface area contributed by atoms with Gasteiger partial charge in [0.25, 0.3) is 0 Å². The van der Waals surface area contributed by atoms with Crippen molar-refractivity contribution in [1.29, 1.82) is 0 Å². The molecule has 254 valence electrons. The topological polar surface area (TPSA) is 9.23 Å². The van der Waals surface area contributed by atoms with Gasteiger partial charge >= 0.3 is 0 Å². The highest BCUT2D eigenvalue weighted by Gasteiger charge is 2.49. The van der Waals surface area contributed by atoms with Crippen molar-refractivity contribution in [1.82, 2.24) is 0 Å². The monoisotopic (exact) mass is 704 g/mol. The van der Waals surface area contributed by atoms with E-state index >= 15 is 17.6 Å². The molecule has 0 amide bonds. The fraction of sp³-hybridized carbons (Fsp3) is 0.167. The summed E-state index contributed by atoms with van der Waals surface area (Å²) in [6.45, 7) is 2.71. The minimum Gasteiger partial charge on any atom is -0.497 e. The van der Waals surface area contributed by atoms with Crippen molar-refractivity contribution in [2.75, 3.05) is 7.11 Å². The van der Waals surface area contributed by atoms with Crippen molar-refractivity contribution in [2.24, 2.45) is 0 Å². The van der Waals surface area contributed by atoms with Crippen LogP contribution in [0.15, 0.2) is 78.9 Å². The second kappa shape index (κ2) is 13.8. The van der Waals surface area contributed by atoms with E-state index < -0.39 is 95.2 Å². The van der Waals surface area contributed by atoms with E-state index in [0.717, 1.165) is 5.56 Å². The lowest BCUT2D eigenvalue weighted by Gasteiger charge is -2.40. The lowest BCUT2D eigenvalue weighted by Crippen LogP contribution is -2.58. The minimum absolute atomic E-state index is 0.0702. The van der Waals surface area contributed by atoms with E-state index in [4.69, 9.17) is 4.74 Å². The first kappa shape index (κ1) is 35.8. The van der Waals surface area contributed by atoms with Crippen molar-refractivity contribution >= 4 is 25.7 Å². The van der Waals surface area contributed by atoms with E-state index in [2.05, 4.69) is 0 Å². The van der Waals surface area contributed by atoms with Gasteiger partial charge in [0.05, 0.1) is 15.2 Å². The number of methoxy groups -OCH3 is 1. The molecule has 0 aromatic heterocycles. The van der Waals surface area contributed by atoms with Gasteiger partial charge in [-0.2, -0.15) is 0 Å². The number of rotatable bonds is 9. The molecule has 0 bridgehead atoms. The molecule has 0 aliphatic heterocycles. The molecule has 13 heteroatoms. The Morgan fingerprint density at radius 2 is 0.837 bits per heavy atom. The molecular formula is C36H27BF10OSi. The summed E-state index contributed by atoms with van der Waals surface area (Å²) in [5, 5.41) is 0. The Kier molecular flexibility index (Phi) is 10.1. The van der Waals surface area contributed by atoms with E-state index in [1.165, 1.54) is 31.4 Å². The Bertz CT molecular complexity index is 1870. The van der Waals surface area contributed by atoms with Gasteiger partial charge in [0.2, 0.25) is 6.71 Å². The molecule has 0 saturated carbocycles. The van der Waals surface area contributed by atoms with Crippen LogP contribution in [0.5, 0.6) is 5.75 Å². The third-order valence-corrected chi connectivity index (χ3v) is 11.2. The summed E-state index contributed by atoms with van der Waals surface area (Å²) in [5.41, 5.74) is -2.66. The minimum atomic E-state index is -2.91. The van der Waals surface area contributed by atoms with Crippen molar-refractivity contribution in [3.63, 3.8) is 0 Å². The number of hydrogen-bond acceptors (Lipinski definition) is 1. The molecule has 49 heavy (non-hydrogen) atoms. The number of halogens is 10. The fourth-order valence-electron chi connectivity index (χ4n) is 6.46. The zero-order chi connectivity index (χ0) is 35.9. The Morgan fingerprint density at radius 3 is 1.22 bits per heavy atom. The third-order valence-electron chi connectivity index (χ3n) is 8.64. The van der Waals surface area contributed by atoms with E-state index in [-0.39, 0.29) is 5.56 Å². The zero-order valence-corrected chi connectivity index (χ0v) is 27.4. The van der Waals surface area contributed by atoms with Gasteiger partial charge in [-0.25, -0.2) is 43.9 Å². The molecule has 0 N–H and O–H groups in total. The normalized spacial score (nSPS) is 12.9. The summed E-state index contributed by atoms with van der Waals surface area (Å²) < 4.78 is 157. The molecule has 5 aromatic rings. The second-order valence-corrected chi connectivity index (χ2v) is 17.9. The zero-order valence-electron chi connectivity index (χ0n) is 26.4. The van der Waals surface area contributed by atoms with Gasteiger partial charge < -0.3 is 4.74 Å². The Hall–Kier alpha value is -4.52. The van der Waals surface area contributed by atoms with E-state index in [1.807, 2.05) is 0 Å². The maximum absolute atomic E-state index is 15.9. The second-order valence-electron chi connectivity index (χ2n) is 12.6. The first-order chi connectivity index (χ1) is 23.1. The van der Waals surface area contributed by atoms with Gasteiger partial charge in [-0.3, -0.25) is 0 Å². The van der Waals surface area contributed by atoms with Gasteiger partial charge in [0, 0.05) is 10.9 Å². The standard InChI is InChI=1S/C36H27BF10OSi/c1-48-22-16-14-21(15-17-22)36(49(2,3)4)23(20-12-10-19(11-13-20)18-8-6-5-7-9-18)37(24-26(38)30(42)34(46)31(43)27(24)39)25-28(40)32(44)35(47)33(45)29(25)41/h5-17,23,36H,1-4H3. The van der Waals surface area contributed by atoms with Crippen LogP contribution < -0.4 is 15.7 Å². The molecular weight excluding hydrogens is 677 g/mol. The predicted molar refractivity (Wildman–Crippen MR) is 171 cm³/mol. The van der Waals surface area contributed by atoms with Gasteiger partial charge in [-0.15, -0.1) is 0 Å². The highest BCUT2D eigenvalue weighted by Crippen LogP contribution is 2.43. The van der Waals surface area contributed by atoms with Gasteiger partial charge in [0.15, 0.2) is 58.2 Å². The summed E-state index contributed by atoms with van der Waals surface area (Å²) in [6.07, 6.45) is 0. The highest BCUT2D eigenvalue weighted by molar-refractivity contribution is 6.89. The molecule has 0 saturated heterocycles. The summed E-state index contributed by atoms with van der Waals surface area (Å²) >= 11 is 0. The third kappa shape index (κ3) is 6.48. The van der Waals surface area contributed by atoms with E-state index in [9.17, 15) is 26.3 Å². The van der Waals surface area contributed by atoms with Crippen LogP contribution in [-0.2, 0) is 0 Å². The van der Waals surface area contributed by atoms with Crippen LogP contribution in [-0.4, -0.2) is 21.9 Å². The smallest absolute Gasteiger partial charge is 0.233 e. The van der Waals surface area contributed by atoms with Crippen LogP contribution in [0.2, 0.25) is 19.6 Å². The van der Waals surface area contributed by atoms with Crippen molar-refractivity contribution in [3.8, 4) is 16.9 Å². The number of ether oxygens (including phenoxy) is 1. The van der Waals surface area contributed by atoms with Gasteiger partial charge in [-0.1, -0.05) is 91.9 Å². The fourth-order valence-corrected chi connectivity index (χ4v) is 9.11. The molecule has 0 spiro atoms.